The van der Waals surface area contributed by atoms with Gasteiger partial charge in [0.05, 0.1) is 11.2 Å². The van der Waals surface area contributed by atoms with Crippen LogP contribution < -0.4 is 10.6 Å². The van der Waals surface area contributed by atoms with Gasteiger partial charge in [0.15, 0.2) is 11.6 Å². The number of carbonyl (C=O) groups is 1. The van der Waals surface area contributed by atoms with E-state index in [9.17, 15) is 18.0 Å². The van der Waals surface area contributed by atoms with Crippen molar-refractivity contribution in [1.29, 1.82) is 0 Å². The minimum Gasteiger partial charge on any atom is -0.322 e. The quantitative estimate of drug-likeness (QED) is 0.798. The molecule has 98 valence electrons. The molecule has 3 nitrogen and oxygen atoms in total. The van der Waals surface area contributed by atoms with Crippen LogP contribution in [-0.4, -0.2) is 18.0 Å². The molecule has 1 aromatic carbocycles. The predicted molar refractivity (Wildman–Crippen MR) is 60.6 cm³/mol. The smallest absolute Gasteiger partial charge is 0.244 e. The van der Waals surface area contributed by atoms with E-state index in [2.05, 4.69) is 10.6 Å². The van der Waals surface area contributed by atoms with Gasteiger partial charge in [-0.25, -0.2) is 13.2 Å². The van der Waals surface area contributed by atoms with E-state index in [1.54, 1.807) is 6.92 Å². The molecule has 0 aromatic heterocycles. The first kappa shape index (κ1) is 12.9. The lowest BCUT2D eigenvalue weighted by molar-refractivity contribution is -0.121. The highest BCUT2D eigenvalue weighted by atomic mass is 19.2. The van der Waals surface area contributed by atoms with E-state index in [0.29, 0.717) is 19.0 Å². The average molecular weight is 258 g/mol. The molecule has 0 spiro atoms. The Morgan fingerprint density at radius 2 is 2.11 bits per heavy atom. The second-order valence-electron chi connectivity index (χ2n) is 4.57. The molecule has 1 heterocycles. The zero-order valence-electron chi connectivity index (χ0n) is 9.82. The van der Waals surface area contributed by atoms with E-state index in [1.165, 1.54) is 0 Å². The van der Waals surface area contributed by atoms with Crippen LogP contribution in [0.1, 0.15) is 19.8 Å². The standard InChI is InChI=1S/C12H13F3N2O/c1-12(3-2-4-16-12)11(18)17-9-6-7(13)5-8(14)10(9)15/h5-6,16H,2-4H2,1H3,(H,17,18). The molecule has 0 bridgehead atoms. The Bertz CT molecular complexity index is 484. The van der Waals surface area contributed by atoms with Crippen LogP contribution in [0.5, 0.6) is 0 Å². The van der Waals surface area contributed by atoms with Gasteiger partial charge in [-0.3, -0.25) is 4.79 Å². The number of benzene rings is 1. The molecule has 1 atom stereocenters. The van der Waals surface area contributed by atoms with Crippen molar-refractivity contribution in [2.45, 2.75) is 25.3 Å². The van der Waals surface area contributed by atoms with Gasteiger partial charge in [-0.05, 0) is 26.3 Å². The Hall–Kier alpha value is -1.56. The monoisotopic (exact) mass is 258 g/mol. The van der Waals surface area contributed by atoms with Gasteiger partial charge in [-0.2, -0.15) is 0 Å². The van der Waals surface area contributed by atoms with Crippen LogP contribution in [0.3, 0.4) is 0 Å². The van der Waals surface area contributed by atoms with Gasteiger partial charge in [0.25, 0.3) is 0 Å². The lowest BCUT2D eigenvalue weighted by atomic mass is 9.99. The van der Waals surface area contributed by atoms with Crippen molar-refractivity contribution >= 4 is 11.6 Å². The molecule has 1 saturated heterocycles. The van der Waals surface area contributed by atoms with E-state index in [4.69, 9.17) is 0 Å². The maximum Gasteiger partial charge on any atom is 0.244 e. The summed E-state index contributed by atoms with van der Waals surface area (Å²) in [5, 5.41) is 5.20. The largest absolute Gasteiger partial charge is 0.322 e. The molecule has 18 heavy (non-hydrogen) atoms. The highest BCUT2D eigenvalue weighted by Gasteiger charge is 2.36. The Labute approximate surface area is 102 Å². The number of halogens is 3. The van der Waals surface area contributed by atoms with Crippen molar-refractivity contribution in [2.75, 3.05) is 11.9 Å². The third-order valence-corrected chi connectivity index (χ3v) is 3.11. The number of amides is 1. The molecule has 6 heteroatoms. The van der Waals surface area contributed by atoms with Crippen molar-refractivity contribution in [3.63, 3.8) is 0 Å². The van der Waals surface area contributed by atoms with E-state index < -0.39 is 34.6 Å². The molecular weight excluding hydrogens is 245 g/mol. The Kier molecular flexibility index (Phi) is 3.30. The molecule has 1 aromatic rings. The Balaban J connectivity index is 2.21. The van der Waals surface area contributed by atoms with Gasteiger partial charge in [0.1, 0.15) is 5.82 Å². The Morgan fingerprint density at radius 1 is 1.39 bits per heavy atom. The van der Waals surface area contributed by atoms with Crippen LogP contribution >= 0.6 is 0 Å². The van der Waals surface area contributed by atoms with E-state index >= 15 is 0 Å². The highest BCUT2D eigenvalue weighted by molar-refractivity contribution is 5.98. The summed E-state index contributed by atoms with van der Waals surface area (Å²) in [4.78, 5) is 11.9. The van der Waals surface area contributed by atoms with Gasteiger partial charge in [-0.15, -0.1) is 0 Å². The molecule has 2 N–H and O–H groups in total. The number of anilines is 1. The summed E-state index contributed by atoms with van der Waals surface area (Å²) in [7, 11) is 0. The normalized spacial score (nSPS) is 23.1. The van der Waals surface area contributed by atoms with Crippen LogP contribution in [0.15, 0.2) is 12.1 Å². The summed E-state index contributed by atoms with van der Waals surface area (Å²) in [6.07, 6.45) is 1.42. The molecular formula is C12H13F3N2O. The summed E-state index contributed by atoms with van der Waals surface area (Å²) >= 11 is 0. The number of hydrogen-bond acceptors (Lipinski definition) is 2. The maximum atomic E-state index is 13.4. The van der Waals surface area contributed by atoms with Crippen molar-refractivity contribution in [3.8, 4) is 0 Å². The molecule has 1 fully saturated rings. The molecule has 0 saturated carbocycles. The van der Waals surface area contributed by atoms with Crippen molar-refractivity contribution < 1.29 is 18.0 Å². The summed E-state index contributed by atoms with van der Waals surface area (Å²) < 4.78 is 39.3. The van der Waals surface area contributed by atoms with E-state index in [1.807, 2.05) is 0 Å². The topological polar surface area (TPSA) is 41.1 Å². The van der Waals surface area contributed by atoms with E-state index in [0.717, 1.165) is 12.5 Å². The average Bonchev–Trinajstić information content (AvgIpc) is 2.73. The molecule has 0 radical (unpaired) electrons. The van der Waals surface area contributed by atoms with Crippen molar-refractivity contribution in [2.24, 2.45) is 0 Å². The minimum atomic E-state index is -1.32. The van der Waals surface area contributed by atoms with Gasteiger partial charge in [0, 0.05) is 12.1 Å². The number of carbonyl (C=O) groups excluding carboxylic acids is 1. The van der Waals surface area contributed by atoms with Crippen LogP contribution in [-0.2, 0) is 4.79 Å². The summed E-state index contributed by atoms with van der Waals surface area (Å²) in [5.41, 5.74) is -1.30. The third-order valence-electron chi connectivity index (χ3n) is 3.11. The van der Waals surface area contributed by atoms with Gasteiger partial charge >= 0.3 is 0 Å². The summed E-state index contributed by atoms with van der Waals surface area (Å²) in [6, 6.07) is 1.19. The summed E-state index contributed by atoms with van der Waals surface area (Å²) in [6.45, 7) is 2.35. The first-order valence-corrected chi connectivity index (χ1v) is 5.63. The van der Waals surface area contributed by atoms with Crippen molar-refractivity contribution in [3.05, 3.63) is 29.6 Å². The molecule has 1 aliphatic heterocycles. The SMILES string of the molecule is CC1(C(=O)Nc2cc(F)cc(F)c2F)CCCN1. The van der Waals surface area contributed by atoms with Crippen LogP contribution in [0.25, 0.3) is 0 Å². The van der Waals surface area contributed by atoms with Crippen LogP contribution in [0.2, 0.25) is 0 Å². The fourth-order valence-corrected chi connectivity index (χ4v) is 2.00. The van der Waals surface area contributed by atoms with Crippen molar-refractivity contribution in [1.82, 2.24) is 5.32 Å². The summed E-state index contributed by atoms with van der Waals surface area (Å²) in [5.74, 6) is -4.01. The highest BCUT2D eigenvalue weighted by Crippen LogP contribution is 2.23. The van der Waals surface area contributed by atoms with Gasteiger partial charge < -0.3 is 10.6 Å². The lowest BCUT2D eigenvalue weighted by Crippen LogP contribution is -2.48. The van der Waals surface area contributed by atoms with E-state index in [-0.39, 0.29) is 0 Å². The maximum absolute atomic E-state index is 13.4. The number of rotatable bonds is 2. The van der Waals surface area contributed by atoms with Gasteiger partial charge in [-0.1, -0.05) is 0 Å². The number of hydrogen-bond donors (Lipinski definition) is 2. The fraction of sp³-hybridized carbons (Fsp3) is 0.417. The molecule has 2 rings (SSSR count). The first-order valence-electron chi connectivity index (χ1n) is 5.63. The lowest BCUT2D eigenvalue weighted by Gasteiger charge is -2.23. The van der Waals surface area contributed by atoms with Crippen LogP contribution in [0.4, 0.5) is 18.9 Å². The molecule has 1 unspecified atom stereocenters. The zero-order valence-corrected chi connectivity index (χ0v) is 9.82. The second kappa shape index (κ2) is 4.61. The molecule has 0 aliphatic carbocycles. The fourth-order valence-electron chi connectivity index (χ4n) is 2.00. The minimum absolute atomic E-state index is 0.431. The van der Waals surface area contributed by atoms with Crippen LogP contribution in [0, 0.1) is 17.5 Å². The first-order chi connectivity index (χ1) is 8.42. The molecule has 1 aliphatic rings. The van der Waals surface area contributed by atoms with Gasteiger partial charge in [0.2, 0.25) is 5.91 Å². The third kappa shape index (κ3) is 2.33. The Morgan fingerprint density at radius 3 is 2.72 bits per heavy atom. The number of nitrogens with one attached hydrogen (secondary N) is 2. The predicted octanol–water partition coefficient (Wildman–Crippen LogP) is 2.18. The zero-order chi connectivity index (χ0) is 13.3. The second-order valence-corrected chi connectivity index (χ2v) is 4.57. The molecule has 1 amide bonds.